The maximum absolute atomic E-state index is 13.3. The van der Waals surface area contributed by atoms with Gasteiger partial charge in [-0.25, -0.2) is 9.59 Å². The number of anilines is 1. The number of unbranched alkanes of at least 4 members (excludes halogenated alkanes) is 15. The molecule has 272 valence electrons. The summed E-state index contributed by atoms with van der Waals surface area (Å²) in [5.74, 6) is 0.535. The Morgan fingerprint density at radius 3 is 2.14 bits per heavy atom. The van der Waals surface area contributed by atoms with Crippen LogP contribution in [0.2, 0.25) is 0 Å². The van der Waals surface area contributed by atoms with Crippen molar-refractivity contribution in [2.75, 3.05) is 44.2 Å². The van der Waals surface area contributed by atoms with Gasteiger partial charge >= 0.3 is 11.8 Å². The van der Waals surface area contributed by atoms with E-state index in [-0.39, 0.29) is 11.8 Å². The van der Waals surface area contributed by atoms with Crippen molar-refractivity contribution < 1.29 is 19.2 Å². The first kappa shape index (κ1) is 38.2. The molecule has 50 heavy (non-hydrogen) atoms. The van der Waals surface area contributed by atoms with Crippen LogP contribution in [-0.2, 0) is 9.59 Å². The molecule has 3 heterocycles. The second-order valence-corrected chi connectivity index (χ2v) is 15.4. The van der Waals surface area contributed by atoms with Crippen LogP contribution in [0.25, 0.3) is 16.2 Å². The predicted octanol–water partition coefficient (Wildman–Crippen LogP) is 9.74. The number of piperazine rings is 1. The van der Waals surface area contributed by atoms with Gasteiger partial charge in [-0.1, -0.05) is 103 Å². The first-order valence-electron chi connectivity index (χ1n) is 20.0. The number of hydrogen-bond donors (Lipinski definition) is 1. The molecule has 1 fully saturated rings. The van der Waals surface area contributed by atoms with Crippen molar-refractivity contribution in [3.05, 3.63) is 59.5 Å². The maximum Gasteiger partial charge on any atom is 0.349 e. The fraction of sp³-hybridized carbons (Fsp3) is 0.581. The van der Waals surface area contributed by atoms with E-state index >= 15 is 0 Å². The third-order valence-electron chi connectivity index (χ3n) is 10.6. The normalized spacial score (nSPS) is 16.3. The number of carbonyl (C=O) groups excluding carboxylic acids is 2. The van der Waals surface area contributed by atoms with Crippen LogP contribution in [-0.4, -0.2) is 56.0 Å². The summed E-state index contributed by atoms with van der Waals surface area (Å²) in [5, 5.41) is 3.56. The largest absolute Gasteiger partial charge is 0.493 e. The molecule has 0 bridgehead atoms. The van der Waals surface area contributed by atoms with Gasteiger partial charge in [0.25, 0.3) is 0 Å². The number of amides is 2. The van der Waals surface area contributed by atoms with Crippen LogP contribution >= 0.6 is 11.3 Å². The van der Waals surface area contributed by atoms with Gasteiger partial charge in [-0.2, -0.15) is 4.90 Å². The minimum atomic E-state index is -0.173. The van der Waals surface area contributed by atoms with Crippen molar-refractivity contribution in [3.8, 4) is 5.75 Å². The van der Waals surface area contributed by atoms with Crippen LogP contribution in [0.1, 0.15) is 128 Å². The van der Waals surface area contributed by atoms with Gasteiger partial charge in [0.05, 0.1) is 13.0 Å². The zero-order valence-electron chi connectivity index (χ0n) is 30.8. The lowest BCUT2D eigenvalue weighted by atomic mass is 10.0. The Bertz CT molecular complexity index is 1490. The number of imide groups is 1. The molecule has 1 aromatic heterocycles. The fourth-order valence-electron chi connectivity index (χ4n) is 7.53. The second kappa shape index (κ2) is 21.4. The van der Waals surface area contributed by atoms with E-state index in [4.69, 9.17) is 4.74 Å². The van der Waals surface area contributed by atoms with Crippen molar-refractivity contribution in [3.63, 3.8) is 0 Å². The molecule has 1 saturated heterocycles. The highest BCUT2D eigenvalue weighted by molar-refractivity contribution is 7.17. The summed E-state index contributed by atoms with van der Waals surface area (Å²) >= 11 is 1.81. The number of rotatable bonds is 23. The van der Waals surface area contributed by atoms with Gasteiger partial charge in [0.1, 0.15) is 5.75 Å². The molecule has 0 saturated carbocycles. The number of thiophene rings is 1. The summed E-state index contributed by atoms with van der Waals surface area (Å²) in [6.45, 7) is 8.27. The molecule has 7 heteroatoms. The maximum atomic E-state index is 13.3. The SMILES string of the molecule is CCCCCCCCCCCCCCCCCC(=O)[NH+]1C(=O)C=Cc2ccc(OCCCCN3CCN(c4cccc5sccc45)CC3)cc21. The van der Waals surface area contributed by atoms with Crippen molar-refractivity contribution >= 4 is 50.7 Å². The highest BCUT2D eigenvalue weighted by Crippen LogP contribution is 2.31. The third kappa shape index (κ3) is 11.8. The lowest BCUT2D eigenvalue weighted by Crippen LogP contribution is -3.13. The number of carbonyl (C=O) groups is 2. The van der Waals surface area contributed by atoms with E-state index < -0.39 is 0 Å². The van der Waals surface area contributed by atoms with E-state index in [9.17, 15) is 9.59 Å². The van der Waals surface area contributed by atoms with E-state index in [0.29, 0.717) is 17.9 Å². The highest BCUT2D eigenvalue weighted by Gasteiger charge is 2.33. The Labute approximate surface area is 305 Å². The molecule has 2 aliphatic heterocycles. The standard InChI is InChI=1S/C43H61N3O3S/c1-2-3-4-5-6-7-8-9-10-11-12-13-14-15-16-22-42(47)46-40-35-37(25-23-36(40)24-26-43(46)48)49-33-18-17-28-44-29-31-45(32-30-44)39-20-19-21-41-38(39)27-34-50-41/h19-21,23-27,34-35H,2-18,22,28-33H2,1H3/p+1. The van der Waals surface area contributed by atoms with Gasteiger partial charge in [0, 0.05) is 59.7 Å². The van der Waals surface area contributed by atoms with Crippen LogP contribution in [0.4, 0.5) is 11.4 Å². The topological polar surface area (TPSA) is 54.3 Å². The van der Waals surface area contributed by atoms with Crippen molar-refractivity contribution in [2.24, 2.45) is 0 Å². The average Bonchev–Trinajstić information content (AvgIpc) is 3.63. The predicted molar refractivity (Wildman–Crippen MR) is 211 cm³/mol. The monoisotopic (exact) mass is 700 g/mol. The summed E-state index contributed by atoms with van der Waals surface area (Å²) in [5.41, 5.74) is 3.02. The molecule has 0 radical (unpaired) electrons. The Balaban J connectivity index is 0.935. The molecule has 1 N–H and O–H groups in total. The Hall–Kier alpha value is -3.00. The average molecular weight is 701 g/mol. The molecular formula is C43H62N3O3S+. The van der Waals surface area contributed by atoms with Gasteiger partial charge < -0.3 is 9.64 Å². The Morgan fingerprint density at radius 1 is 0.760 bits per heavy atom. The van der Waals surface area contributed by atoms with Crippen molar-refractivity contribution in [1.82, 2.24) is 4.90 Å². The summed E-state index contributed by atoms with van der Waals surface area (Å²) < 4.78 is 7.50. The molecule has 2 aliphatic rings. The van der Waals surface area contributed by atoms with Gasteiger partial charge in [0.2, 0.25) is 0 Å². The minimum Gasteiger partial charge on any atom is -0.493 e. The van der Waals surface area contributed by atoms with Crippen molar-refractivity contribution in [1.29, 1.82) is 0 Å². The second-order valence-electron chi connectivity index (χ2n) is 14.4. The number of benzene rings is 2. The Kier molecular flexibility index (Phi) is 16.4. The van der Waals surface area contributed by atoms with Crippen LogP contribution < -0.4 is 14.5 Å². The van der Waals surface area contributed by atoms with E-state index in [0.717, 1.165) is 75.4 Å². The van der Waals surface area contributed by atoms with E-state index in [2.05, 4.69) is 46.4 Å². The van der Waals surface area contributed by atoms with Crippen LogP contribution in [0.15, 0.2) is 53.9 Å². The number of nitrogens with zero attached hydrogens (tertiary/aromatic N) is 2. The molecule has 3 aromatic rings. The minimum absolute atomic E-state index is 0.0282. The lowest BCUT2D eigenvalue weighted by molar-refractivity contribution is -0.662. The Morgan fingerprint density at radius 2 is 1.44 bits per heavy atom. The molecule has 5 rings (SSSR count). The number of fused-ring (bicyclic) bond motifs is 2. The summed E-state index contributed by atoms with van der Waals surface area (Å²) in [4.78, 5) is 31.6. The quantitative estimate of drug-likeness (QED) is 0.0999. The number of ether oxygens (including phenoxy) is 1. The molecule has 0 spiro atoms. The molecule has 0 aliphatic carbocycles. The van der Waals surface area contributed by atoms with Gasteiger partial charge in [-0.15, -0.1) is 11.3 Å². The van der Waals surface area contributed by atoms with E-state index in [1.165, 1.54) is 99.2 Å². The highest BCUT2D eigenvalue weighted by atomic mass is 32.1. The smallest absolute Gasteiger partial charge is 0.349 e. The van der Waals surface area contributed by atoms with E-state index in [1.807, 2.05) is 35.6 Å². The van der Waals surface area contributed by atoms with Gasteiger partial charge in [-0.05, 0) is 67.6 Å². The first-order chi connectivity index (χ1) is 24.6. The first-order valence-corrected chi connectivity index (χ1v) is 20.9. The van der Waals surface area contributed by atoms with Crippen molar-refractivity contribution in [2.45, 2.75) is 122 Å². The zero-order chi connectivity index (χ0) is 34.8. The number of hydrogen-bond acceptors (Lipinski definition) is 6. The summed E-state index contributed by atoms with van der Waals surface area (Å²) in [7, 11) is 0. The van der Waals surface area contributed by atoms with Crippen LogP contribution in [0.5, 0.6) is 5.75 Å². The van der Waals surface area contributed by atoms with Crippen LogP contribution in [0, 0.1) is 0 Å². The molecule has 2 aromatic carbocycles. The zero-order valence-corrected chi connectivity index (χ0v) is 31.6. The van der Waals surface area contributed by atoms with Crippen LogP contribution in [0.3, 0.4) is 0 Å². The molecule has 1 unspecified atom stereocenters. The number of nitrogens with one attached hydrogen (secondary N) is 1. The lowest BCUT2D eigenvalue weighted by Gasteiger charge is -2.36. The van der Waals surface area contributed by atoms with E-state index in [1.54, 1.807) is 6.08 Å². The molecule has 1 atom stereocenters. The third-order valence-corrected chi connectivity index (χ3v) is 11.4. The number of quaternary nitrogens is 1. The summed E-state index contributed by atoms with van der Waals surface area (Å²) in [6, 6.07) is 14.7. The molecule has 2 amide bonds. The summed E-state index contributed by atoms with van der Waals surface area (Å²) in [6.07, 6.45) is 25.3. The van der Waals surface area contributed by atoms with Gasteiger partial charge in [-0.3, -0.25) is 4.90 Å². The molecular weight excluding hydrogens is 639 g/mol. The molecule has 6 nitrogen and oxygen atoms in total. The fourth-order valence-corrected chi connectivity index (χ4v) is 8.34. The van der Waals surface area contributed by atoms with Gasteiger partial charge in [0.15, 0.2) is 5.69 Å².